The van der Waals surface area contributed by atoms with Gasteiger partial charge in [-0.2, -0.15) is 0 Å². The molecule has 0 aromatic carbocycles. The number of nitrogens with zero attached hydrogens (tertiary/aromatic N) is 1. The quantitative estimate of drug-likeness (QED) is 0.103. The molecule has 0 amide bonds. The van der Waals surface area contributed by atoms with Gasteiger partial charge in [-0.1, -0.05) is 96.9 Å². The summed E-state index contributed by atoms with van der Waals surface area (Å²) >= 11 is 0. The van der Waals surface area contributed by atoms with Gasteiger partial charge in [0.15, 0.2) is 0 Å². The highest BCUT2D eigenvalue weighted by Gasteiger charge is 2.83. The van der Waals surface area contributed by atoms with Crippen LogP contribution >= 0.6 is 0 Å². The SMILES string of the molecule is CC(C)C[Si]12O[Si]3(CCCN(CC(=O)O)CC(=O)O)O[Si]4(CC(C)C)O[Si](CC(C)C)(O1)O[Si]1(CC(C)C)O[Si](CC(C)C)(O2)O[Si](CC(C)C)(O3)O[Si](CC(C)C)(O4)O1. The Labute approximate surface area is 367 Å². The van der Waals surface area contributed by atoms with Gasteiger partial charge in [0.25, 0.3) is 0 Å². The van der Waals surface area contributed by atoms with Crippen LogP contribution in [0.15, 0.2) is 0 Å². The molecule has 0 saturated carbocycles. The third-order valence-electron chi connectivity index (χ3n) is 10.0. The number of carbonyl (C=O) groups is 2. The molecular weight excluding hydrogens is 915 g/mol. The van der Waals surface area contributed by atoms with Crippen molar-refractivity contribution >= 4 is 82.4 Å². The summed E-state index contributed by atoms with van der Waals surface area (Å²) in [6.45, 7) is 28.6. The van der Waals surface area contributed by atoms with Gasteiger partial charge in [-0.25, -0.2) is 0 Å². The normalized spacial score (nSPS) is 37.8. The lowest BCUT2D eigenvalue weighted by molar-refractivity contribution is -0.141. The summed E-state index contributed by atoms with van der Waals surface area (Å²) in [7, 11) is -32.7. The zero-order valence-corrected chi connectivity index (χ0v) is 46.6. The maximum Gasteiger partial charge on any atom is 0.479 e. The van der Waals surface area contributed by atoms with E-state index in [1.54, 1.807) is 0 Å². The Bertz CT molecular complexity index is 1340. The van der Waals surface area contributed by atoms with Gasteiger partial charge in [0, 0.05) is 48.4 Å². The lowest BCUT2D eigenvalue weighted by Gasteiger charge is -2.64. The van der Waals surface area contributed by atoms with Gasteiger partial charge in [-0.3, -0.25) is 14.5 Å². The number of rotatable bonds is 22. The molecule has 6 aliphatic rings. The maximum atomic E-state index is 11.9. The molecule has 0 spiro atoms. The molecule has 2 N–H and O–H groups in total. The van der Waals surface area contributed by atoms with Crippen LogP contribution in [0.4, 0.5) is 0 Å². The highest BCUT2D eigenvalue weighted by molar-refractivity contribution is 7.03. The standard InChI is InChI=1S/C35H75NO16Si8/c1-27(2)20-54-41-53(17-15-16-36(18-34(37)38)19-35(39)40)42-55(21-28(3)4)46-57(44-54,23-30(7)8)50-60(26-33(13)14)51-58(45-54,24-31(9)10)47-56(43-53,22-29(5)6)49-59(48-55,52-60)25-32(11)12/h27-33H,15-26H2,1-14H3,(H,37,38)(H,39,40). The molecule has 8 bridgehead atoms. The number of carboxylic acid groups (broad SMARTS) is 2. The zero-order chi connectivity index (χ0) is 44.7. The molecule has 0 radical (unpaired) electrons. The van der Waals surface area contributed by atoms with E-state index >= 15 is 0 Å². The Morgan fingerprint density at radius 2 is 0.550 bits per heavy atom. The van der Waals surface area contributed by atoms with Crippen LogP contribution in [0.25, 0.3) is 0 Å². The van der Waals surface area contributed by atoms with E-state index in [9.17, 15) is 19.8 Å². The Balaban J connectivity index is 1.89. The summed E-state index contributed by atoms with van der Waals surface area (Å²) < 4.78 is 92.8. The molecular formula is C35H75NO16Si8. The van der Waals surface area contributed by atoms with E-state index in [1.165, 1.54) is 4.90 Å². The first-order valence-electron chi connectivity index (χ1n) is 22.2. The molecule has 0 aliphatic carbocycles. The highest BCUT2D eigenvalue weighted by Crippen LogP contribution is 2.56. The van der Waals surface area contributed by atoms with Crippen molar-refractivity contribution in [2.45, 2.75) is 152 Å². The van der Waals surface area contributed by atoms with Crippen molar-refractivity contribution in [2.75, 3.05) is 19.6 Å². The molecule has 6 aliphatic heterocycles. The summed E-state index contributed by atoms with van der Waals surface area (Å²) in [4.78, 5) is 25.2. The fourth-order valence-electron chi connectivity index (χ4n) is 8.99. The van der Waals surface area contributed by atoms with E-state index in [2.05, 4.69) is 96.9 Å². The Kier molecular flexibility index (Phi) is 16.3. The zero-order valence-electron chi connectivity index (χ0n) is 38.6. The van der Waals surface area contributed by atoms with Gasteiger partial charge < -0.3 is 59.6 Å². The van der Waals surface area contributed by atoms with Crippen molar-refractivity contribution in [3.05, 3.63) is 0 Å². The van der Waals surface area contributed by atoms with Crippen LogP contribution < -0.4 is 0 Å². The monoisotopic (exact) mass is 989 g/mol. The van der Waals surface area contributed by atoms with E-state index < -0.39 is 95.5 Å². The molecule has 6 fully saturated rings. The molecule has 0 unspecified atom stereocenters. The molecule has 6 rings (SSSR count). The second-order valence-corrected chi connectivity index (χ2v) is 44.6. The van der Waals surface area contributed by atoms with Crippen LogP contribution in [0.3, 0.4) is 0 Å². The predicted molar refractivity (Wildman–Crippen MR) is 238 cm³/mol. The molecule has 0 atom stereocenters. The van der Waals surface area contributed by atoms with Crippen LogP contribution in [0.5, 0.6) is 0 Å². The van der Waals surface area contributed by atoms with Crippen molar-refractivity contribution in [2.24, 2.45) is 41.4 Å². The molecule has 0 aromatic rings. The summed E-state index contributed by atoms with van der Waals surface area (Å²) in [5.74, 6) is -2.06. The van der Waals surface area contributed by atoms with E-state index in [0.717, 1.165) is 0 Å². The molecule has 17 nitrogen and oxygen atoms in total. The number of carboxylic acids is 2. The van der Waals surface area contributed by atoms with E-state index in [0.29, 0.717) is 42.3 Å². The maximum absolute atomic E-state index is 11.9. The summed E-state index contributed by atoms with van der Waals surface area (Å²) in [6, 6.07) is 2.79. The molecule has 60 heavy (non-hydrogen) atoms. The first kappa shape index (κ1) is 51.1. The van der Waals surface area contributed by atoms with Crippen molar-refractivity contribution < 1.29 is 69.2 Å². The average molecular weight is 991 g/mol. The van der Waals surface area contributed by atoms with Crippen LogP contribution in [0.1, 0.15) is 103 Å². The minimum atomic E-state index is -4.26. The molecule has 0 aromatic heterocycles. The molecule has 6 heterocycles. The highest BCUT2D eigenvalue weighted by atomic mass is 28.6. The second kappa shape index (κ2) is 19.2. The number of hydrogen-bond acceptors (Lipinski definition) is 15. The summed E-state index contributed by atoms with van der Waals surface area (Å²) in [5, 5.41) is 19.4. The van der Waals surface area contributed by atoms with Crippen molar-refractivity contribution in [1.82, 2.24) is 4.90 Å². The van der Waals surface area contributed by atoms with Crippen molar-refractivity contribution in [3.8, 4) is 0 Å². The average Bonchev–Trinajstić information content (AvgIpc) is 2.93. The fraction of sp³-hybridized carbons (Fsp3) is 0.943. The van der Waals surface area contributed by atoms with Crippen LogP contribution in [0, 0.1) is 41.4 Å². The third kappa shape index (κ3) is 12.7. The fourth-order valence-corrected chi connectivity index (χ4v) is 60.5. The first-order valence-corrected chi connectivity index (χ1v) is 37.6. The van der Waals surface area contributed by atoms with E-state index in [1.807, 2.05) is 0 Å². The second-order valence-electron chi connectivity index (χ2n) is 20.5. The van der Waals surface area contributed by atoms with Crippen LogP contribution in [-0.2, 0) is 59.0 Å². The Hall–Kier alpha value is 0.155. The van der Waals surface area contributed by atoms with Gasteiger partial charge in [0.1, 0.15) is 0 Å². The topological polar surface area (TPSA) is 189 Å². The summed E-state index contributed by atoms with van der Waals surface area (Å²) in [6.07, 6.45) is 0.253. The van der Waals surface area contributed by atoms with Crippen LogP contribution in [0.2, 0.25) is 48.4 Å². The van der Waals surface area contributed by atoms with Gasteiger partial charge in [0.2, 0.25) is 0 Å². The van der Waals surface area contributed by atoms with Gasteiger partial charge in [0.05, 0.1) is 13.1 Å². The minimum Gasteiger partial charge on any atom is -0.480 e. The third-order valence-corrected chi connectivity index (χ3v) is 50.1. The lowest BCUT2D eigenvalue weighted by atomic mass is 10.3. The Morgan fingerprint density at radius 1 is 0.367 bits per heavy atom. The number of hydrogen-bond donors (Lipinski definition) is 2. The smallest absolute Gasteiger partial charge is 0.479 e. The van der Waals surface area contributed by atoms with Gasteiger partial charge >= 0.3 is 82.4 Å². The Morgan fingerprint density at radius 3 is 0.717 bits per heavy atom. The van der Waals surface area contributed by atoms with Crippen molar-refractivity contribution in [3.63, 3.8) is 0 Å². The number of aliphatic carboxylic acids is 2. The van der Waals surface area contributed by atoms with Gasteiger partial charge in [-0.15, -0.1) is 0 Å². The first-order chi connectivity index (χ1) is 27.6. The summed E-state index contributed by atoms with van der Waals surface area (Å²) in [5.41, 5.74) is 0. The largest absolute Gasteiger partial charge is 0.480 e. The van der Waals surface area contributed by atoms with Crippen LogP contribution in [-0.4, -0.2) is 117 Å². The van der Waals surface area contributed by atoms with E-state index in [4.69, 9.17) is 49.4 Å². The van der Waals surface area contributed by atoms with E-state index in [-0.39, 0.29) is 60.4 Å². The lowest BCUT2D eigenvalue weighted by Crippen LogP contribution is -2.88. The molecule has 348 valence electrons. The van der Waals surface area contributed by atoms with Gasteiger partial charge in [-0.05, 0) is 54.4 Å². The predicted octanol–water partition coefficient (Wildman–Crippen LogP) is 7.22. The van der Waals surface area contributed by atoms with Crippen molar-refractivity contribution in [1.29, 1.82) is 0 Å². The molecule has 6 saturated heterocycles. The minimum absolute atomic E-state index is 0.00318. The molecule has 25 heteroatoms.